The molecule has 0 spiro atoms. The Kier molecular flexibility index (Phi) is 3.98. The van der Waals surface area contributed by atoms with Gasteiger partial charge in [0.05, 0.1) is 25.0 Å². The van der Waals surface area contributed by atoms with E-state index in [0.717, 1.165) is 25.3 Å². The summed E-state index contributed by atoms with van der Waals surface area (Å²) < 4.78 is 16.1. The minimum absolute atomic E-state index is 0.274. The van der Waals surface area contributed by atoms with Crippen LogP contribution in [-0.2, 0) is 9.47 Å². The minimum atomic E-state index is 0.274. The van der Waals surface area contributed by atoms with Crippen molar-refractivity contribution in [2.24, 2.45) is 0 Å². The van der Waals surface area contributed by atoms with Crippen molar-refractivity contribution >= 4 is 0 Å². The fourth-order valence-corrected chi connectivity index (χ4v) is 1.87. The van der Waals surface area contributed by atoms with Crippen LogP contribution in [0.1, 0.15) is 25.1 Å². The Bertz CT molecular complexity index is 293. The maximum absolute atomic E-state index is 5.52. The molecule has 1 aromatic heterocycles. The third-order valence-corrected chi connectivity index (χ3v) is 3.08. The van der Waals surface area contributed by atoms with Gasteiger partial charge in [-0.15, -0.1) is 0 Å². The molecule has 4 heteroatoms. The van der Waals surface area contributed by atoms with Crippen LogP contribution in [0.5, 0.6) is 0 Å². The van der Waals surface area contributed by atoms with Gasteiger partial charge in [0.1, 0.15) is 12.6 Å². The molecule has 0 radical (unpaired) electrons. The first kappa shape index (κ1) is 11.6. The van der Waals surface area contributed by atoms with Gasteiger partial charge < -0.3 is 13.9 Å². The van der Waals surface area contributed by atoms with Crippen LogP contribution in [0.3, 0.4) is 0 Å². The molecule has 1 aliphatic heterocycles. The summed E-state index contributed by atoms with van der Waals surface area (Å²) in [5.41, 5.74) is 0. The Morgan fingerprint density at radius 2 is 2.44 bits per heavy atom. The van der Waals surface area contributed by atoms with Crippen LogP contribution in [0.2, 0.25) is 0 Å². The molecule has 1 aliphatic rings. The van der Waals surface area contributed by atoms with Crippen molar-refractivity contribution < 1.29 is 13.9 Å². The molecule has 0 unspecified atom stereocenters. The van der Waals surface area contributed by atoms with Crippen molar-refractivity contribution in [3.05, 3.63) is 24.2 Å². The summed E-state index contributed by atoms with van der Waals surface area (Å²) in [5, 5.41) is 0. The molecule has 0 N–H and O–H groups in total. The quantitative estimate of drug-likeness (QED) is 0.785. The molecule has 90 valence electrons. The number of likely N-dealkylation sites (N-methyl/N-ethyl adjacent to an activating group) is 1. The van der Waals surface area contributed by atoms with Crippen molar-refractivity contribution in [2.45, 2.75) is 25.5 Å². The molecule has 2 rings (SSSR count). The lowest BCUT2D eigenvalue weighted by Gasteiger charge is -2.30. The molecule has 16 heavy (non-hydrogen) atoms. The number of nitrogens with zero attached hydrogens (tertiary/aromatic N) is 1. The van der Waals surface area contributed by atoms with E-state index in [4.69, 9.17) is 13.9 Å². The van der Waals surface area contributed by atoms with Crippen molar-refractivity contribution in [3.8, 4) is 0 Å². The predicted octanol–water partition coefficient (Wildman–Crippen LogP) is 2.04. The first-order chi connectivity index (χ1) is 7.77. The van der Waals surface area contributed by atoms with Gasteiger partial charge in [-0.25, -0.2) is 0 Å². The molecular weight excluding hydrogens is 206 g/mol. The van der Waals surface area contributed by atoms with Gasteiger partial charge in [0.15, 0.2) is 0 Å². The lowest BCUT2D eigenvalue weighted by Crippen LogP contribution is -2.36. The van der Waals surface area contributed by atoms with E-state index in [1.54, 1.807) is 6.26 Å². The molecule has 0 aromatic carbocycles. The summed E-state index contributed by atoms with van der Waals surface area (Å²) in [6.45, 7) is 4.27. The first-order valence-electron chi connectivity index (χ1n) is 5.70. The summed E-state index contributed by atoms with van der Waals surface area (Å²) >= 11 is 0. The lowest BCUT2D eigenvalue weighted by atomic mass is 10.2. The molecule has 4 nitrogen and oxygen atoms in total. The van der Waals surface area contributed by atoms with Crippen molar-refractivity contribution in [1.82, 2.24) is 4.90 Å². The number of rotatable bonds is 4. The van der Waals surface area contributed by atoms with E-state index in [1.807, 2.05) is 12.1 Å². The molecule has 2 atom stereocenters. The summed E-state index contributed by atoms with van der Waals surface area (Å²) in [4.78, 5) is 2.24. The molecule has 1 saturated heterocycles. The van der Waals surface area contributed by atoms with Gasteiger partial charge in [0.2, 0.25) is 0 Å². The zero-order valence-electron chi connectivity index (χ0n) is 9.89. The molecule has 1 fully saturated rings. The highest BCUT2D eigenvalue weighted by Gasteiger charge is 2.20. The molecule has 0 bridgehead atoms. The van der Waals surface area contributed by atoms with Crippen LogP contribution < -0.4 is 0 Å². The topological polar surface area (TPSA) is 34.8 Å². The fraction of sp³-hybridized carbons (Fsp3) is 0.667. The van der Waals surface area contributed by atoms with Crippen LogP contribution in [0.25, 0.3) is 0 Å². The number of hydrogen-bond acceptors (Lipinski definition) is 4. The monoisotopic (exact) mass is 225 g/mol. The van der Waals surface area contributed by atoms with Gasteiger partial charge in [-0.2, -0.15) is 0 Å². The highest BCUT2D eigenvalue weighted by molar-refractivity contribution is 5.03. The van der Waals surface area contributed by atoms with E-state index in [2.05, 4.69) is 18.9 Å². The normalized spacial score (nSPS) is 23.6. The first-order valence-corrected chi connectivity index (χ1v) is 5.70. The summed E-state index contributed by atoms with van der Waals surface area (Å²) in [5.74, 6) is 0.995. The van der Waals surface area contributed by atoms with Crippen LogP contribution in [0, 0.1) is 0 Å². The number of ether oxygens (including phenoxy) is 2. The van der Waals surface area contributed by atoms with Crippen molar-refractivity contribution in [2.75, 3.05) is 27.0 Å². The average molecular weight is 225 g/mol. The number of furan rings is 1. The van der Waals surface area contributed by atoms with Gasteiger partial charge in [-0.1, -0.05) is 0 Å². The molecule has 2 heterocycles. The van der Waals surface area contributed by atoms with Gasteiger partial charge in [-0.3, -0.25) is 4.90 Å². The van der Waals surface area contributed by atoms with Crippen LogP contribution in [0.4, 0.5) is 0 Å². The van der Waals surface area contributed by atoms with Gasteiger partial charge in [0.25, 0.3) is 0 Å². The zero-order valence-corrected chi connectivity index (χ0v) is 9.89. The Morgan fingerprint density at radius 3 is 3.06 bits per heavy atom. The van der Waals surface area contributed by atoms with E-state index in [1.165, 1.54) is 0 Å². The second kappa shape index (κ2) is 5.48. The molecule has 1 aromatic rings. The molecule has 0 saturated carbocycles. The maximum atomic E-state index is 5.52. The minimum Gasteiger partial charge on any atom is -0.468 e. The molecule has 0 amide bonds. The molecular formula is C12H19NO3. The van der Waals surface area contributed by atoms with Gasteiger partial charge in [0, 0.05) is 6.54 Å². The summed E-state index contributed by atoms with van der Waals surface area (Å²) in [7, 11) is 2.09. The second-order valence-corrected chi connectivity index (χ2v) is 4.23. The van der Waals surface area contributed by atoms with E-state index in [0.29, 0.717) is 6.79 Å². The fourth-order valence-electron chi connectivity index (χ4n) is 1.87. The molecule has 0 aliphatic carbocycles. The van der Waals surface area contributed by atoms with Gasteiger partial charge in [-0.05, 0) is 32.5 Å². The van der Waals surface area contributed by atoms with Gasteiger partial charge >= 0.3 is 0 Å². The van der Waals surface area contributed by atoms with E-state index in [9.17, 15) is 0 Å². The van der Waals surface area contributed by atoms with Crippen LogP contribution in [-0.4, -0.2) is 38.0 Å². The van der Waals surface area contributed by atoms with Crippen molar-refractivity contribution in [3.63, 3.8) is 0 Å². The maximum Gasteiger partial charge on any atom is 0.147 e. The zero-order chi connectivity index (χ0) is 11.4. The number of hydrogen-bond donors (Lipinski definition) is 0. The lowest BCUT2D eigenvalue weighted by molar-refractivity contribution is -0.145. The van der Waals surface area contributed by atoms with Crippen molar-refractivity contribution in [1.29, 1.82) is 0 Å². The Balaban J connectivity index is 1.84. The summed E-state index contributed by atoms with van der Waals surface area (Å²) in [6, 6.07) is 4.21. The highest BCUT2D eigenvalue weighted by Crippen LogP contribution is 2.20. The standard InChI is InChI=1S/C12H19NO3/c1-10(12-4-3-6-15-12)13(2)8-11-5-7-14-9-16-11/h3-4,6,10-11H,5,7-9H2,1-2H3/t10-,11-/m0/s1. The van der Waals surface area contributed by atoms with E-state index >= 15 is 0 Å². The Labute approximate surface area is 96.1 Å². The average Bonchev–Trinajstić information content (AvgIpc) is 2.83. The Morgan fingerprint density at radius 1 is 1.56 bits per heavy atom. The van der Waals surface area contributed by atoms with E-state index < -0.39 is 0 Å². The largest absolute Gasteiger partial charge is 0.468 e. The summed E-state index contributed by atoms with van der Waals surface area (Å²) in [6.07, 6.45) is 2.95. The highest BCUT2D eigenvalue weighted by atomic mass is 16.7. The second-order valence-electron chi connectivity index (χ2n) is 4.23. The Hall–Kier alpha value is -0.840. The smallest absolute Gasteiger partial charge is 0.147 e. The SMILES string of the molecule is C[C@@H](c1ccco1)N(C)C[C@@H]1CCOCO1. The predicted molar refractivity (Wildman–Crippen MR) is 60.1 cm³/mol. The third-order valence-electron chi connectivity index (χ3n) is 3.08. The third kappa shape index (κ3) is 2.84. The van der Waals surface area contributed by atoms with E-state index in [-0.39, 0.29) is 12.1 Å². The van der Waals surface area contributed by atoms with Crippen LogP contribution >= 0.6 is 0 Å². The van der Waals surface area contributed by atoms with Crippen LogP contribution in [0.15, 0.2) is 22.8 Å².